The monoisotopic (exact) mass is 248 g/mol. The molecule has 0 fully saturated rings. The molecule has 0 radical (unpaired) electrons. The summed E-state index contributed by atoms with van der Waals surface area (Å²) in [7, 11) is 0. The Balaban J connectivity index is 2.74. The number of nitrogens with zero attached hydrogens (tertiary/aromatic N) is 1. The highest BCUT2D eigenvalue weighted by molar-refractivity contribution is 5.15. The van der Waals surface area contributed by atoms with E-state index in [4.69, 9.17) is 0 Å². The molecule has 1 aromatic heterocycles. The Kier molecular flexibility index (Phi) is 7.71. The summed E-state index contributed by atoms with van der Waals surface area (Å²) in [6.07, 6.45) is 15.0. The maximum Gasteiger partial charge on any atom is 0.171 e. The normalized spacial score (nSPS) is 10.8. The quantitative estimate of drug-likeness (QED) is 0.568. The molecule has 0 aromatic carbocycles. The molecule has 0 N–H and O–H groups in total. The first-order valence-electron chi connectivity index (χ1n) is 7.82. The van der Waals surface area contributed by atoms with Crippen molar-refractivity contribution in [1.82, 2.24) is 0 Å². The van der Waals surface area contributed by atoms with Crippen molar-refractivity contribution in [2.45, 2.75) is 78.7 Å². The van der Waals surface area contributed by atoms with Gasteiger partial charge in [0, 0.05) is 17.5 Å². The number of pyridine rings is 1. The molecule has 0 atom stereocenters. The Bertz CT molecular complexity index is 266. The van der Waals surface area contributed by atoms with Crippen molar-refractivity contribution in [2.75, 3.05) is 0 Å². The summed E-state index contributed by atoms with van der Waals surface area (Å²) in [5, 5.41) is 0. The fourth-order valence-electron chi connectivity index (χ4n) is 2.28. The summed E-state index contributed by atoms with van der Waals surface area (Å²) in [4.78, 5) is 0. The minimum absolute atomic E-state index is 1.18. The number of hydrogen-bond acceptors (Lipinski definition) is 0. The number of aromatic nitrogens is 1. The van der Waals surface area contributed by atoms with Crippen molar-refractivity contribution in [3.05, 3.63) is 29.6 Å². The minimum Gasteiger partial charge on any atom is -0.205 e. The van der Waals surface area contributed by atoms with Crippen molar-refractivity contribution >= 4 is 0 Å². The first kappa shape index (κ1) is 15.2. The molecular formula is C17H30N+. The predicted octanol–water partition coefficient (Wildman–Crippen LogP) is 4.46. The molecule has 0 unspecified atom stereocenters. The van der Waals surface area contributed by atoms with Crippen LogP contribution in [0.15, 0.2) is 18.5 Å². The van der Waals surface area contributed by atoms with E-state index < -0.39 is 0 Å². The summed E-state index contributed by atoms with van der Waals surface area (Å²) < 4.78 is 2.42. The summed E-state index contributed by atoms with van der Waals surface area (Å²) in [6, 6.07) is 2.42. The van der Waals surface area contributed by atoms with E-state index in [0.717, 1.165) is 0 Å². The molecule has 1 heteroatoms. The van der Waals surface area contributed by atoms with Crippen LogP contribution in [0.2, 0.25) is 0 Å². The maximum atomic E-state index is 2.42. The number of unbranched alkanes of at least 4 members (excludes halogenated alkanes) is 3. The highest BCUT2D eigenvalue weighted by Crippen LogP contribution is 2.09. The molecule has 0 bridgehead atoms. The Morgan fingerprint density at radius 2 is 1.28 bits per heavy atom. The van der Waals surface area contributed by atoms with Crippen molar-refractivity contribution in [1.29, 1.82) is 0 Å². The number of aryl methyl sites for hydroxylation is 3. The van der Waals surface area contributed by atoms with Crippen LogP contribution in [-0.2, 0) is 19.4 Å². The molecule has 1 aromatic rings. The van der Waals surface area contributed by atoms with Crippen LogP contribution >= 0.6 is 0 Å². The standard InChI is InChI=1S/C17H30N/c1-4-7-10-16-13-17(11-8-5-2)15-18(14-16)12-9-6-3/h13-15H,4-12H2,1-3H3/q+1. The smallest absolute Gasteiger partial charge is 0.171 e. The summed E-state index contributed by atoms with van der Waals surface area (Å²) in [5.41, 5.74) is 3.06. The third-order valence-electron chi connectivity index (χ3n) is 3.44. The first-order chi connectivity index (χ1) is 8.80. The highest BCUT2D eigenvalue weighted by atomic mass is 14.9. The van der Waals surface area contributed by atoms with E-state index in [9.17, 15) is 0 Å². The van der Waals surface area contributed by atoms with Gasteiger partial charge in [-0.3, -0.25) is 0 Å². The van der Waals surface area contributed by atoms with Gasteiger partial charge in [0.1, 0.15) is 6.54 Å². The second-order valence-electron chi connectivity index (χ2n) is 5.35. The average molecular weight is 248 g/mol. The van der Waals surface area contributed by atoms with Gasteiger partial charge in [0.2, 0.25) is 0 Å². The van der Waals surface area contributed by atoms with Crippen LogP contribution < -0.4 is 4.57 Å². The van der Waals surface area contributed by atoms with Gasteiger partial charge in [-0.25, -0.2) is 4.57 Å². The van der Waals surface area contributed by atoms with E-state index in [-0.39, 0.29) is 0 Å². The molecule has 102 valence electrons. The molecule has 0 spiro atoms. The van der Waals surface area contributed by atoms with Crippen LogP contribution in [0.5, 0.6) is 0 Å². The van der Waals surface area contributed by atoms with Crippen molar-refractivity contribution < 1.29 is 4.57 Å². The van der Waals surface area contributed by atoms with Crippen molar-refractivity contribution in [3.8, 4) is 0 Å². The molecule has 0 aliphatic rings. The van der Waals surface area contributed by atoms with Gasteiger partial charge in [-0.1, -0.05) is 40.0 Å². The van der Waals surface area contributed by atoms with Crippen LogP contribution in [0.1, 0.15) is 70.4 Å². The lowest BCUT2D eigenvalue weighted by atomic mass is 10.0. The van der Waals surface area contributed by atoms with Gasteiger partial charge in [0.05, 0.1) is 0 Å². The van der Waals surface area contributed by atoms with Gasteiger partial charge in [-0.05, 0) is 31.7 Å². The zero-order valence-electron chi connectivity index (χ0n) is 12.5. The lowest BCUT2D eigenvalue weighted by Gasteiger charge is -2.05. The van der Waals surface area contributed by atoms with E-state index in [1.165, 1.54) is 69.0 Å². The second-order valence-corrected chi connectivity index (χ2v) is 5.35. The largest absolute Gasteiger partial charge is 0.205 e. The fraction of sp³-hybridized carbons (Fsp3) is 0.706. The third kappa shape index (κ3) is 5.66. The van der Waals surface area contributed by atoms with Crippen LogP contribution in [0.4, 0.5) is 0 Å². The Morgan fingerprint density at radius 1 is 0.778 bits per heavy atom. The number of hydrogen-bond donors (Lipinski definition) is 0. The third-order valence-corrected chi connectivity index (χ3v) is 3.44. The second kappa shape index (κ2) is 9.13. The van der Waals surface area contributed by atoms with Crippen LogP contribution in [-0.4, -0.2) is 0 Å². The van der Waals surface area contributed by atoms with Crippen LogP contribution in [0.25, 0.3) is 0 Å². The van der Waals surface area contributed by atoms with Gasteiger partial charge in [0.25, 0.3) is 0 Å². The molecule has 0 aliphatic carbocycles. The molecule has 0 saturated carbocycles. The van der Waals surface area contributed by atoms with Crippen molar-refractivity contribution in [3.63, 3.8) is 0 Å². The molecule has 18 heavy (non-hydrogen) atoms. The highest BCUT2D eigenvalue weighted by Gasteiger charge is 2.07. The fourth-order valence-corrected chi connectivity index (χ4v) is 2.28. The SMILES string of the molecule is CCCCc1cc(CCCC)c[n+](CCCC)c1. The molecule has 1 nitrogen and oxygen atoms in total. The van der Waals surface area contributed by atoms with E-state index in [1.807, 2.05) is 0 Å². The molecule has 0 aliphatic heterocycles. The van der Waals surface area contributed by atoms with Crippen LogP contribution in [0.3, 0.4) is 0 Å². The van der Waals surface area contributed by atoms with E-state index >= 15 is 0 Å². The topological polar surface area (TPSA) is 3.88 Å². The summed E-state index contributed by atoms with van der Waals surface area (Å²) in [5.74, 6) is 0. The summed E-state index contributed by atoms with van der Waals surface area (Å²) >= 11 is 0. The minimum atomic E-state index is 1.18. The van der Waals surface area contributed by atoms with Gasteiger partial charge >= 0.3 is 0 Å². The molecule has 0 amide bonds. The Hall–Kier alpha value is -0.850. The van der Waals surface area contributed by atoms with E-state index in [1.54, 1.807) is 0 Å². The van der Waals surface area contributed by atoms with Gasteiger partial charge in [-0.15, -0.1) is 0 Å². The van der Waals surface area contributed by atoms with Gasteiger partial charge in [-0.2, -0.15) is 0 Å². The van der Waals surface area contributed by atoms with Gasteiger partial charge < -0.3 is 0 Å². The van der Waals surface area contributed by atoms with E-state index in [0.29, 0.717) is 0 Å². The zero-order valence-corrected chi connectivity index (χ0v) is 12.5. The van der Waals surface area contributed by atoms with Crippen molar-refractivity contribution in [2.24, 2.45) is 0 Å². The number of rotatable bonds is 9. The molecular weight excluding hydrogens is 218 g/mol. The molecule has 0 saturated heterocycles. The summed E-state index contributed by atoms with van der Waals surface area (Å²) in [6.45, 7) is 7.98. The Morgan fingerprint density at radius 3 is 1.72 bits per heavy atom. The lowest BCUT2D eigenvalue weighted by Crippen LogP contribution is -2.34. The average Bonchev–Trinajstić information content (AvgIpc) is 2.40. The van der Waals surface area contributed by atoms with Crippen LogP contribution in [0, 0.1) is 0 Å². The maximum absolute atomic E-state index is 2.42. The Labute approximate surface area is 113 Å². The lowest BCUT2D eigenvalue weighted by molar-refractivity contribution is -0.698. The zero-order chi connectivity index (χ0) is 13.2. The first-order valence-corrected chi connectivity index (χ1v) is 7.82. The predicted molar refractivity (Wildman–Crippen MR) is 78.8 cm³/mol. The molecule has 1 rings (SSSR count). The molecule has 1 heterocycles. The van der Waals surface area contributed by atoms with Gasteiger partial charge in [0.15, 0.2) is 12.4 Å². The van der Waals surface area contributed by atoms with E-state index in [2.05, 4.69) is 43.8 Å².